The summed E-state index contributed by atoms with van der Waals surface area (Å²) in [5.41, 5.74) is 0. The molecule has 0 N–H and O–H groups in total. The van der Waals surface area contributed by atoms with Crippen LogP contribution in [0.2, 0.25) is 0 Å². The van der Waals surface area contributed by atoms with Crippen LogP contribution in [0.4, 0.5) is 0 Å². The topological polar surface area (TPSA) is 43.4 Å². The van der Waals surface area contributed by atoms with Gasteiger partial charge in [0.2, 0.25) is 0 Å². The minimum Gasteiger partial charge on any atom is -0.542 e. The predicted octanol–water partition coefficient (Wildman–Crippen LogP) is 0.931. The van der Waals surface area contributed by atoms with E-state index >= 15 is 0 Å². The molecule has 0 aromatic heterocycles. The van der Waals surface area contributed by atoms with Gasteiger partial charge in [-0.1, -0.05) is 25.7 Å². The fraction of sp³-hybridized carbons (Fsp3) is 0.750. The zero-order valence-corrected chi connectivity index (χ0v) is 13.9. The zero-order chi connectivity index (χ0) is 15.1. The molecular formula is C16H29LiO3-2. The molecule has 0 spiro atoms. The minimum absolute atomic E-state index is 0. The molecule has 1 fully saturated rings. The number of hydrogen-bond donors (Lipinski definition) is 0. The average molecular weight is 276 g/mol. The van der Waals surface area contributed by atoms with Gasteiger partial charge in [0.1, 0.15) is 0 Å². The number of rotatable bonds is 4. The largest absolute Gasteiger partial charge is 1.00 e. The minimum atomic E-state index is -0.106. The van der Waals surface area contributed by atoms with E-state index in [0.29, 0.717) is 18.9 Å². The Labute approximate surface area is 137 Å². The van der Waals surface area contributed by atoms with Gasteiger partial charge in [-0.05, 0) is 12.8 Å². The Morgan fingerprint density at radius 3 is 2.05 bits per heavy atom. The first kappa shape index (κ1) is 24.7. The van der Waals surface area contributed by atoms with Crippen molar-refractivity contribution in [2.24, 2.45) is 11.8 Å². The van der Waals surface area contributed by atoms with Crippen molar-refractivity contribution >= 4 is 12.3 Å². The van der Waals surface area contributed by atoms with Crippen LogP contribution < -0.4 is 18.9 Å². The van der Waals surface area contributed by atoms with E-state index in [4.69, 9.17) is 4.74 Å². The van der Waals surface area contributed by atoms with Crippen molar-refractivity contribution in [3.05, 3.63) is 13.3 Å². The Kier molecular flexibility index (Phi) is 23.2. The van der Waals surface area contributed by atoms with E-state index in [0.717, 1.165) is 25.7 Å². The summed E-state index contributed by atoms with van der Waals surface area (Å²) in [6.07, 6.45) is 8.23. The van der Waals surface area contributed by atoms with E-state index in [2.05, 4.69) is 6.92 Å². The van der Waals surface area contributed by atoms with Gasteiger partial charge in [0.15, 0.2) is 0 Å². The Morgan fingerprint density at radius 1 is 1.25 bits per heavy atom. The summed E-state index contributed by atoms with van der Waals surface area (Å²) in [7, 11) is 0. The van der Waals surface area contributed by atoms with E-state index in [1.807, 2.05) is 33.5 Å². The summed E-state index contributed by atoms with van der Waals surface area (Å²) >= 11 is 0. The Balaban J connectivity index is -0.000000426. The molecule has 0 unspecified atom stereocenters. The molecule has 20 heavy (non-hydrogen) atoms. The summed E-state index contributed by atoms with van der Waals surface area (Å²) in [6, 6.07) is 0. The van der Waals surface area contributed by atoms with Crippen molar-refractivity contribution in [3.8, 4) is 0 Å². The second kappa shape index (κ2) is 18.7. The molecule has 0 atom stereocenters. The summed E-state index contributed by atoms with van der Waals surface area (Å²) in [4.78, 5) is 21.5. The molecule has 0 aromatic rings. The number of ether oxygens (including phenoxy) is 1. The van der Waals surface area contributed by atoms with Crippen LogP contribution in [0.25, 0.3) is 0 Å². The Bertz CT molecular complexity index is 212. The van der Waals surface area contributed by atoms with E-state index < -0.39 is 0 Å². The number of hydrogen-bond acceptors (Lipinski definition) is 3. The van der Waals surface area contributed by atoms with Gasteiger partial charge >= 0.3 is 24.8 Å². The maximum Gasteiger partial charge on any atom is 1.00 e. The van der Waals surface area contributed by atoms with E-state index in [1.165, 1.54) is 0 Å². The average Bonchev–Trinajstić information content (AvgIpc) is 2.43. The molecule has 4 heteroatoms. The summed E-state index contributed by atoms with van der Waals surface area (Å²) in [5, 5.41) is 0. The third-order valence-corrected chi connectivity index (χ3v) is 2.77. The first-order valence-electron chi connectivity index (χ1n) is 7.15. The molecule has 0 aliphatic heterocycles. The molecule has 1 rings (SSSR count). The molecule has 1 aliphatic rings. The number of esters is 1. The molecule has 0 bridgehead atoms. The summed E-state index contributed by atoms with van der Waals surface area (Å²) in [5.74, 6) is 0.415. The fourth-order valence-electron chi connectivity index (χ4n) is 1.94. The van der Waals surface area contributed by atoms with Crippen LogP contribution in [0.3, 0.4) is 0 Å². The molecule has 0 amide bonds. The van der Waals surface area contributed by atoms with Gasteiger partial charge in [-0.2, -0.15) is 20.8 Å². The summed E-state index contributed by atoms with van der Waals surface area (Å²) < 4.78 is 4.88. The second-order valence-electron chi connectivity index (χ2n) is 4.42. The van der Waals surface area contributed by atoms with Crippen molar-refractivity contribution in [3.63, 3.8) is 0 Å². The molecule has 1 aliphatic carbocycles. The normalized spacial score (nSPS) is 20.1. The van der Waals surface area contributed by atoms with Gasteiger partial charge in [0.25, 0.3) is 0 Å². The fourth-order valence-corrected chi connectivity index (χ4v) is 1.94. The smallest absolute Gasteiger partial charge is 0.542 e. The molecule has 3 nitrogen and oxygen atoms in total. The van der Waals surface area contributed by atoms with Crippen LogP contribution in [0.5, 0.6) is 0 Å². The van der Waals surface area contributed by atoms with Crippen LogP contribution >= 0.6 is 0 Å². The Morgan fingerprint density at radius 2 is 1.70 bits per heavy atom. The molecule has 0 aromatic carbocycles. The van der Waals surface area contributed by atoms with Crippen LogP contribution in [-0.4, -0.2) is 18.9 Å². The number of carbonyl (C=O) groups is 1. The van der Waals surface area contributed by atoms with E-state index in [9.17, 15) is 9.59 Å². The van der Waals surface area contributed by atoms with E-state index in [-0.39, 0.29) is 30.7 Å². The molecule has 1 saturated carbocycles. The van der Waals surface area contributed by atoms with Gasteiger partial charge in [-0.25, -0.2) is 0 Å². The quantitative estimate of drug-likeness (QED) is 0.436. The first-order chi connectivity index (χ1) is 9.17. The van der Waals surface area contributed by atoms with Gasteiger partial charge in [0, 0.05) is 6.42 Å². The van der Waals surface area contributed by atoms with Crippen LogP contribution in [0, 0.1) is 25.2 Å². The van der Waals surface area contributed by atoms with Crippen molar-refractivity contribution in [2.75, 3.05) is 6.61 Å². The van der Waals surface area contributed by atoms with Gasteiger partial charge < -0.3 is 22.9 Å². The van der Waals surface area contributed by atoms with Gasteiger partial charge in [-0.3, -0.25) is 11.1 Å². The molecule has 114 valence electrons. The van der Waals surface area contributed by atoms with E-state index in [1.54, 1.807) is 6.92 Å². The van der Waals surface area contributed by atoms with Gasteiger partial charge in [-0.15, -0.1) is 5.92 Å². The zero-order valence-electron chi connectivity index (χ0n) is 13.9. The second-order valence-corrected chi connectivity index (χ2v) is 4.42. The van der Waals surface area contributed by atoms with Crippen molar-refractivity contribution in [1.29, 1.82) is 0 Å². The predicted molar refractivity (Wildman–Crippen MR) is 79.1 cm³/mol. The molecule has 0 radical (unpaired) electrons. The third-order valence-electron chi connectivity index (χ3n) is 2.77. The monoisotopic (exact) mass is 276 g/mol. The van der Waals surface area contributed by atoms with Crippen molar-refractivity contribution < 1.29 is 33.2 Å². The van der Waals surface area contributed by atoms with Gasteiger partial charge in [0.05, 0.1) is 6.61 Å². The summed E-state index contributed by atoms with van der Waals surface area (Å²) in [6.45, 7) is 11.3. The van der Waals surface area contributed by atoms with Crippen LogP contribution in [0.1, 0.15) is 59.8 Å². The van der Waals surface area contributed by atoms with Crippen molar-refractivity contribution in [2.45, 2.75) is 59.8 Å². The molecule has 0 heterocycles. The van der Waals surface area contributed by atoms with Crippen LogP contribution in [0.15, 0.2) is 0 Å². The molecule has 0 saturated heterocycles. The Hall–Kier alpha value is -0.263. The standard InChI is InChI=1S/C11H17O3.C3H7.C2H5.Li/c1-2-14-11(13)7-9-3-5-10(8-12)6-4-9;1-3-2;1-2;/h9-10H,2-7H2,1H3;3H,1-2H3;1H2,2H3;/q3*-1;+1. The maximum atomic E-state index is 11.2. The first-order valence-corrected chi connectivity index (χ1v) is 7.15. The third kappa shape index (κ3) is 14.2. The maximum absolute atomic E-state index is 11.2. The van der Waals surface area contributed by atoms with Crippen molar-refractivity contribution in [1.82, 2.24) is 0 Å². The number of carbonyl (C=O) groups excluding carboxylic acids is 2. The molecular weight excluding hydrogens is 247 g/mol. The SMILES string of the molecule is CCOC(=O)CC1CCC([C-]=O)CC1.C[CH-]C.[CH2-]C.[Li+]. The van der Waals surface area contributed by atoms with Crippen LogP contribution in [-0.2, 0) is 14.3 Å².